The van der Waals surface area contributed by atoms with Crippen LogP contribution in [0.4, 0.5) is 13.2 Å². The summed E-state index contributed by atoms with van der Waals surface area (Å²) in [5.41, 5.74) is 2.31. The zero-order valence-electron chi connectivity index (χ0n) is 12.6. The molecule has 120 valence electrons. The molecule has 3 aromatic rings. The van der Waals surface area contributed by atoms with Crippen LogP contribution in [-0.4, -0.2) is 9.97 Å². The van der Waals surface area contributed by atoms with E-state index in [0.717, 1.165) is 12.1 Å². The lowest BCUT2D eigenvalue weighted by atomic mass is 9.94. The zero-order chi connectivity index (χ0) is 17.6. The Hall–Kier alpha value is -3.46. The van der Waals surface area contributed by atoms with E-state index in [1.54, 1.807) is 36.7 Å². The molecule has 1 aliphatic rings. The first-order chi connectivity index (χ1) is 12.1. The lowest BCUT2D eigenvalue weighted by Gasteiger charge is -2.09. The Morgan fingerprint density at radius 3 is 2.00 bits per heavy atom. The molecule has 0 fully saturated rings. The molecule has 25 heavy (non-hydrogen) atoms. The molecule has 0 amide bonds. The van der Waals surface area contributed by atoms with Gasteiger partial charge in [0.15, 0.2) is 17.5 Å². The van der Waals surface area contributed by atoms with Crippen molar-refractivity contribution in [2.45, 2.75) is 0 Å². The Morgan fingerprint density at radius 2 is 1.44 bits per heavy atom. The number of benzene rings is 1. The second kappa shape index (κ2) is 5.56. The molecule has 0 bridgehead atoms. The van der Waals surface area contributed by atoms with Crippen LogP contribution in [0, 0.1) is 28.8 Å². The third-order valence-electron chi connectivity index (χ3n) is 4.04. The monoisotopic (exact) mass is 335 g/mol. The number of fused-ring (bicyclic) bond motifs is 3. The molecule has 4 rings (SSSR count). The van der Waals surface area contributed by atoms with E-state index >= 15 is 0 Å². The fourth-order valence-electron chi connectivity index (χ4n) is 2.98. The number of hydrogen-bond acceptors (Lipinski definition) is 3. The van der Waals surface area contributed by atoms with Crippen molar-refractivity contribution in [2.24, 2.45) is 0 Å². The number of pyridine rings is 2. The molecule has 2 aromatic heterocycles. The standard InChI is InChI=1S/C19H8F3N3/c20-14-6-5-10(16(21)17(14)22)13(9-23)15-11-3-1-7-24-18(11)19-12(15)4-2-8-25-19/h1-8H. The average Bonchev–Trinajstić information content (AvgIpc) is 2.97. The molecule has 0 unspecified atom stereocenters. The number of rotatable bonds is 1. The molecule has 0 spiro atoms. The Balaban J connectivity index is 2.11. The van der Waals surface area contributed by atoms with Crippen molar-refractivity contribution in [1.29, 1.82) is 5.26 Å². The van der Waals surface area contributed by atoms with Gasteiger partial charge in [-0.3, -0.25) is 9.97 Å². The normalized spacial score (nSPS) is 11.7. The number of allylic oxidation sites excluding steroid dienone is 1. The summed E-state index contributed by atoms with van der Waals surface area (Å²) in [5.74, 6) is -4.31. The lowest BCUT2D eigenvalue weighted by molar-refractivity contribution is 0.446. The van der Waals surface area contributed by atoms with Crippen LogP contribution in [0.15, 0.2) is 48.8 Å². The summed E-state index contributed by atoms with van der Waals surface area (Å²) in [6, 6.07) is 10.6. The van der Waals surface area contributed by atoms with E-state index in [9.17, 15) is 18.4 Å². The van der Waals surface area contributed by atoms with Gasteiger partial charge in [-0.05, 0) is 24.3 Å². The van der Waals surface area contributed by atoms with Gasteiger partial charge in [0.1, 0.15) is 6.07 Å². The maximum Gasteiger partial charge on any atom is 0.195 e. The molecule has 0 aliphatic heterocycles. The second-order valence-corrected chi connectivity index (χ2v) is 5.38. The number of hydrogen-bond donors (Lipinski definition) is 0. The predicted molar refractivity (Wildman–Crippen MR) is 85.3 cm³/mol. The van der Waals surface area contributed by atoms with E-state index in [0.29, 0.717) is 28.1 Å². The van der Waals surface area contributed by atoms with E-state index in [1.807, 2.05) is 6.07 Å². The van der Waals surface area contributed by atoms with Gasteiger partial charge in [0.25, 0.3) is 0 Å². The third kappa shape index (κ3) is 2.13. The first-order valence-corrected chi connectivity index (χ1v) is 7.33. The summed E-state index contributed by atoms with van der Waals surface area (Å²) in [7, 11) is 0. The van der Waals surface area contributed by atoms with Gasteiger partial charge < -0.3 is 0 Å². The highest BCUT2D eigenvalue weighted by molar-refractivity contribution is 6.11. The largest absolute Gasteiger partial charge is 0.254 e. The highest BCUT2D eigenvalue weighted by Gasteiger charge is 2.30. The molecule has 6 heteroatoms. The summed E-state index contributed by atoms with van der Waals surface area (Å²) in [6.07, 6.45) is 3.18. The van der Waals surface area contributed by atoms with Gasteiger partial charge in [0.2, 0.25) is 0 Å². The topological polar surface area (TPSA) is 49.6 Å². The lowest BCUT2D eigenvalue weighted by Crippen LogP contribution is -1.99. The van der Waals surface area contributed by atoms with Gasteiger partial charge >= 0.3 is 0 Å². The molecular formula is C19H8F3N3. The second-order valence-electron chi connectivity index (χ2n) is 5.38. The minimum absolute atomic E-state index is 0.0996. The highest BCUT2D eigenvalue weighted by Crippen LogP contribution is 2.45. The van der Waals surface area contributed by atoms with Crippen LogP contribution in [0.5, 0.6) is 0 Å². The maximum absolute atomic E-state index is 14.3. The van der Waals surface area contributed by atoms with Gasteiger partial charge in [0.05, 0.1) is 17.0 Å². The van der Waals surface area contributed by atoms with Gasteiger partial charge in [0, 0.05) is 34.7 Å². The van der Waals surface area contributed by atoms with Gasteiger partial charge in [-0.25, -0.2) is 13.2 Å². The smallest absolute Gasteiger partial charge is 0.195 e. The van der Waals surface area contributed by atoms with Gasteiger partial charge in [-0.15, -0.1) is 0 Å². The minimum Gasteiger partial charge on any atom is -0.254 e. The summed E-state index contributed by atoms with van der Waals surface area (Å²) >= 11 is 0. The fraction of sp³-hybridized carbons (Fsp3) is 0. The molecule has 3 nitrogen and oxygen atoms in total. The quantitative estimate of drug-likeness (QED) is 0.384. The predicted octanol–water partition coefficient (Wildman–Crippen LogP) is 4.36. The Kier molecular flexibility index (Phi) is 3.36. The fourth-order valence-corrected chi connectivity index (χ4v) is 2.98. The molecule has 2 heterocycles. The van der Waals surface area contributed by atoms with Crippen LogP contribution in [0.3, 0.4) is 0 Å². The summed E-state index contributed by atoms with van der Waals surface area (Å²) in [6.45, 7) is 0. The van der Waals surface area contributed by atoms with Crippen LogP contribution < -0.4 is 0 Å². The van der Waals surface area contributed by atoms with Crippen LogP contribution in [0.2, 0.25) is 0 Å². The third-order valence-corrected chi connectivity index (χ3v) is 4.04. The van der Waals surface area contributed by atoms with Gasteiger partial charge in [-0.2, -0.15) is 5.26 Å². The maximum atomic E-state index is 14.3. The summed E-state index contributed by atoms with van der Waals surface area (Å²) in [4.78, 5) is 8.56. The Labute approximate surface area is 140 Å². The van der Waals surface area contributed by atoms with Crippen molar-refractivity contribution in [3.8, 4) is 17.5 Å². The van der Waals surface area contributed by atoms with Crippen molar-refractivity contribution in [2.75, 3.05) is 0 Å². The number of halogens is 3. The summed E-state index contributed by atoms with van der Waals surface area (Å²) < 4.78 is 41.2. The molecule has 1 aromatic carbocycles. The van der Waals surface area contributed by atoms with Crippen LogP contribution in [0.25, 0.3) is 22.5 Å². The number of nitrogens with zero attached hydrogens (tertiary/aromatic N) is 3. The van der Waals surface area contributed by atoms with Crippen LogP contribution in [0.1, 0.15) is 16.7 Å². The van der Waals surface area contributed by atoms with E-state index in [4.69, 9.17) is 0 Å². The molecule has 0 saturated carbocycles. The summed E-state index contributed by atoms with van der Waals surface area (Å²) in [5, 5.41) is 9.64. The average molecular weight is 335 g/mol. The first-order valence-electron chi connectivity index (χ1n) is 7.33. The number of aromatic nitrogens is 2. The highest BCUT2D eigenvalue weighted by atomic mass is 19.2. The van der Waals surface area contributed by atoms with Crippen molar-refractivity contribution in [3.05, 3.63) is 82.9 Å². The molecule has 0 radical (unpaired) electrons. The molecule has 0 atom stereocenters. The zero-order valence-corrected chi connectivity index (χ0v) is 12.6. The first kappa shape index (κ1) is 15.1. The molecule has 0 N–H and O–H groups in total. The number of nitriles is 1. The van der Waals surface area contributed by atoms with E-state index in [2.05, 4.69) is 9.97 Å². The molecule has 1 aliphatic carbocycles. The Bertz CT molecular complexity index is 1050. The van der Waals surface area contributed by atoms with Crippen molar-refractivity contribution in [3.63, 3.8) is 0 Å². The Morgan fingerprint density at radius 1 is 0.840 bits per heavy atom. The SMILES string of the molecule is N#CC(=C1c2cccnc2-c2ncccc21)c1ccc(F)c(F)c1F. The van der Waals surface area contributed by atoms with E-state index < -0.39 is 17.5 Å². The van der Waals surface area contributed by atoms with Crippen LogP contribution >= 0.6 is 0 Å². The van der Waals surface area contributed by atoms with Crippen LogP contribution in [-0.2, 0) is 0 Å². The molecular weight excluding hydrogens is 327 g/mol. The van der Waals surface area contributed by atoms with Crippen molar-refractivity contribution in [1.82, 2.24) is 9.97 Å². The van der Waals surface area contributed by atoms with Gasteiger partial charge in [-0.1, -0.05) is 12.1 Å². The minimum atomic E-state index is -1.61. The van der Waals surface area contributed by atoms with Crippen molar-refractivity contribution >= 4 is 11.1 Å². The molecule has 0 saturated heterocycles. The van der Waals surface area contributed by atoms with Crippen molar-refractivity contribution < 1.29 is 13.2 Å². The van der Waals surface area contributed by atoms with E-state index in [1.165, 1.54) is 0 Å². The van der Waals surface area contributed by atoms with E-state index in [-0.39, 0.29) is 11.1 Å².